The average molecular weight is 471 g/mol. The van der Waals surface area contributed by atoms with Crippen molar-refractivity contribution in [2.75, 3.05) is 14.2 Å². The highest BCUT2D eigenvalue weighted by Crippen LogP contribution is 2.23. The lowest BCUT2D eigenvalue weighted by Crippen LogP contribution is -2.18. The van der Waals surface area contributed by atoms with Crippen molar-refractivity contribution in [2.24, 2.45) is 5.10 Å². The van der Waals surface area contributed by atoms with Crippen molar-refractivity contribution >= 4 is 12.1 Å². The summed E-state index contributed by atoms with van der Waals surface area (Å²) < 4.78 is 16.4. The maximum atomic E-state index is 12.5. The van der Waals surface area contributed by atoms with E-state index < -0.39 is 5.91 Å². The fraction of sp³-hybridized carbons (Fsp3) is 0.148. The number of H-pyrrole nitrogens is 1. The molecule has 0 aliphatic rings. The molecule has 0 fully saturated rings. The molecule has 0 aliphatic heterocycles. The van der Waals surface area contributed by atoms with E-state index in [-0.39, 0.29) is 5.69 Å². The number of aromatic nitrogens is 2. The lowest BCUT2D eigenvalue weighted by molar-refractivity contribution is 0.0950. The van der Waals surface area contributed by atoms with E-state index in [2.05, 4.69) is 51.9 Å². The molecule has 2 N–H and O–H groups in total. The number of nitrogens with zero attached hydrogens (tertiary/aromatic N) is 2. The average Bonchev–Trinajstić information content (AvgIpc) is 3.39. The second-order valence-corrected chi connectivity index (χ2v) is 7.77. The van der Waals surface area contributed by atoms with Gasteiger partial charge in [0.1, 0.15) is 29.5 Å². The molecule has 4 rings (SSSR count). The van der Waals surface area contributed by atoms with Crippen molar-refractivity contribution in [3.63, 3.8) is 0 Å². The molecule has 4 aromatic rings. The molecule has 0 atom stereocenters. The Labute approximate surface area is 203 Å². The van der Waals surface area contributed by atoms with Gasteiger partial charge in [0.2, 0.25) is 0 Å². The summed E-state index contributed by atoms with van der Waals surface area (Å²) in [7, 11) is 3.14. The lowest BCUT2D eigenvalue weighted by Gasteiger charge is -2.07. The quantitative estimate of drug-likeness (QED) is 0.272. The summed E-state index contributed by atoms with van der Waals surface area (Å²) in [5.74, 6) is 1.60. The topological polar surface area (TPSA) is 97.8 Å². The molecule has 1 heterocycles. The van der Waals surface area contributed by atoms with Crippen LogP contribution in [0.2, 0.25) is 0 Å². The number of carbonyl (C=O) groups excluding carboxylic acids is 1. The van der Waals surface area contributed by atoms with Crippen LogP contribution < -0.4 is 19.6 Å². The van der Waals surface area contributed by atoms with Crippen LogP contribution in [0.1, 0.15) is 27.2 Å². The van der Waals surface area contributed by atoms with Crippen molar-refractivity contribution in [1.82, 2.24) is 15.6 Å². The van der Waals surface area contributed by atoms with E-state index in [9.17, 15) is 4.79 Å². The zero-order valence-electron chi connectivity index (χ0n) is 19.7. The van der Waals surface area contributed by atoms with Gasteiger partial charge in [0.15, 0.2) is 0 Å². The highest BCUT2D eigenvalue weighted by Gasteiger charge is 2.11. The van der Waals surface area contributed by atoms with Crippen molar-refractivity contribution < 1.29 is 19.0 Å². The number of nitrogens with one attached hydrogen (secondary N) is 2. The minimum Gasteiger partial charge on any atom is -0.497 e. The Balaban J connectivity index is 1.35. The largest absolute Gasteiger partial charge is 0.497 e. The maximum absolute atomic E-state index is 12.5. The van der Waals surface area contributed by atoms with E-state index in [1.165, 1.54) is 11.8 Å². The number of hydrogen-bond donors (Lipinski definition) is 2. The number of carbonyl (C=O) groups is 1. The zero-order chi connectivity index (χ0) is 24.6. The molecular formula is C27H26N4O4. The number of amides is 1. The first kappa shape index (κ1) is 23.6. The molecule has 0 bridgehead atoms. The molecule has 8 nitrogen and oxygen atoms in total. The Kier molecular flexibility index (Phi) is 7.42. The van der Waals surface area contributed by atoms with E-state index >= 15 is 0 Å². The van der Waals surface area contributed by atoms with Gasteiger partial charge in [0, 0.05) is 11.1 Å². The van der Waals surface area contributed by atoms with Crippen molar-refractivity contribution in [3.8, 4) is 28.5 Å². The smallest absolute Gasteiger partial charge is 0.289 e. The maximum Gasteiger partial charge on any atom is 0.289 e. The van der Waals surface area contributed by atoms with Crippen LogP contribution in [0.5, 0.6) is 17.2 Å². The number of rotatable bonds is 9. The SMILES string of the molecule is COc1ccc(OC)c(/C=N\NC(=O)c2cc(-c3ccc(OCc4ccc(C)cc4)cc3)n[nH]2)c1. The summed E-state index contributed by atoms with van der Waals surface area (Å²) >= 11 is 0. The van der Waals surface area contributed by atoms with Crippen molar-refractivity contribution in [2.45, 2.75) is 13.5 Å². The van der Waals surface area contributed by atoms with Crippen LogP contribution in [0, 0.1) is 6.92 Å². The predicted molar refractivity (Wildman–Crippen MR) is 134 cm³/mol. The second kappa shape index (κ2) is 11.0. The van der Waals surface area contributed by atoms with Gasteiger partial charge in [-0.3, -0.25) is 9.89 Å². The molecule has 0 aliphatic carbocycles. The summed E-state index contributed by atoms with van der Waals surface area (Å²) in [5.41, 5.74) is 7.26. The third-order valence-corrected chi connectivity index (χ3v) is 5.31. The molecule has 0 saturated carbocycles. The highest BCUT2D eigenvalue weighted by atomic mass is 16.5. The molecule has 0 saturated heterocycles. The van der Waals surface area contributed by atoms with E-state index in [4.69, 9.17) is 14.2 Å². The normalized spacial score (nSPS) is 10.8. The zero-order valence-corrected chi connectivity index (χ0v) is 19.7. The summed E-state index contributed by atoms with van der Waals surface area (Å²) in [4.78, 5) is 12.5. The van der Waals surface area contributed by atoms with Gasteiger partial charge in [-0.05, 0) is 61.0 Å². The van der Waals surface area contributed by atoms with Gasteiger partial charge < -0.3 is 14.2 Å². The second-order valence-electron chi connectivity index (χ2n) is 7.77. The molecule has 0 radical (unpaired) electrons. The fourth-order valence-electron chi connectivity index (χ4n) is 3.32. The van der Waals surface area contributed by atoms with Crippen LogP contribution in [-0.2, 0) is 6.61 Å². The third-order valence-electron chi connectivity index (χ3n) is 5.31. The first-order chi connectivity index (χ1) is 17.1. The van der Waals surface area contributed by atoms with Gasteiger partial charge in [-0.1, -0.05) is 29.8 Å². The van der Waals surface area contributed by atoms with Crippen LogP contribution in [-0.4, -0.2) is 36.5 Å². The van der Waals surface area contributed by atoms with Gasteiger partial charge in [0.25, 0.3) is 5.91 Å². The van der Waals surface area contributed by atoms with Gasteiger partial charge in [-0.2, -0.15) is 10.2 Å². The number of methoxy groups -OCH3 is 2. The standard InChI is InChI=1S/C27H26N4O4/c1-18-4-6-19(7-5-18)17-35-22-10-8-20(9-11-22)24-15-25(30-29-24)27(32)31-28-16-21-14-23(33-2)12-13-26(21)34-3/h4-16H,17H2,1-3H3,(H,29,30)(H,31,32)/b28-16-. The van der Waals surface area contributed by atoms with Gasteiger partial charge >= 0.3 is 0 Å². The molecule has 8 heteroatoms. The fourth-order valence-corrected chi connectivity index (χ4v) is 3.32. The van der Waals surface area contributed by atoms with E-state index in [1.54, 1.807) is 38.5 Å². The number of aromatic amines is 1. The first-order valence-electron chi connectivity index (χ1n) is 11.0. The summed E-state index contributed by atoms with van der Waals surface area (Å²) in [5, 5.41) is 11.0. The first-order valence-corrected chi connectivity index (χ1v) is 11.0. The van der Waals surface area contributed by atoms with Gasteiger partial charge in [0.05, 0.1) is 26.1 Å². The van der Waals surface area contributed by atoms with E-state index in [0.717, 1.165) is 16.9 Å². The monoisotopic (exact) mass is 470 g/mol. The van der Waals surface area contributed by atoms with Crippen LogP contribution in [0.3, 0.4) is 0 Å². The molecule has 0 unspecified atom stereocenters. The van der Waals surface area contributed by atoms with E-state index in [1.807, 2.05) is 24.3 Å². The molecule has 0 spiro atoms. The Morgan fingerprint density at radius 3 is 2.43 bits per heavy atom. The van der Waals surface area contributed by atoms with Gasteiger partial charge in [-0.15, -0.1) is 0 Å². The molecule has 1 amide bonds. The number of hydrazone groups is 1. The highest BCUT2D eigenvalue weighted by molar-refractivity contribution is 5.94. The molecular weight excluding hydrogens is 444 g/mol. The predicted octanol–water partition coefficient (Wildman–Crippen LogP) is 4.75. The third kappa shape index (κ3) is 6.05. The lowest BCUT2D eigenvalue weighted by atomic mass is 10.1. The van der Waals surface area contributed by atoms with Crippen molar-refractivity contribution in [1.29, 1.82) is 0 Å². The minimum absolute atomic E-state index is 0.287. The van der Waals surface area contributed by atoms with Crippen LogP contribution in [0.15, 0.2) is 77.9 Å². The van der Waals surface area contributed by atoms with Crippen LogP contribution in [0.25, 0.3) is 11.3 Å². The summed E-state index contributed by atoms with van der Waals surface area (Å²) in [6.45, 7) is 2.55. The summed E-state index contributed by atoms with van der Waals surface area (Å²) in [6, 6.07) is 22.8. The van der Waals surface area contributed by atoms with Gasteiger partial charge in [-0.25, -0.2) is 5.43 Å². The molecule has 178 valence electrons. The molecule has 3 aromatic carbocycles. The molecule has 35 heavy (non-hydrogen) atoms. The Bertz CT molecular complexity index is 1310. The van der Waals surface area contributed by atoms with E-state index in [0.29, 0.717) is 29.4 Å². The Hall–Kier alpha value is -4.59. The molecule has 1 aromatic heterocycles. The summed E-state index contributed by atoms with van der Waals surface area (Å²) in [6.07, 6.45) is 1.49. The number of hydrogen-bond acceptors (Lipinski definition) is 6. The van der Waals surface area contributed by atoms with Crippen molar-refractivity contribution in [3.05, 3.63) is 95.2 Å². The Morgan fingerprint density at radius 2 is 1.71 bits per heavy atom. The number of ether oxygens (including phenoxy) is 3. The van der Waals surface area contributed by atoms with Crippen LogP contribution >= 0.6 is 0 Å². The van der Waals surface area contributed by atoms with Crippen LogP contribution in [0.4, 0.5) is 0 Å². The Morgan fingerprint density at radius 1 is 0.971 bits per heavy atom. The number of benzene rings is 3. The number of aryl methyl sites for hydroxylation is 1. The minimum atomic E-state index is -0.417.